The summed E-state index contributed by atoms with van der Waals surface area (Å²) in [6.45, 7) is 3.94. The van der Waals surface area contributed by atoms with Gasteiger partial charge < -0.3 is 0 Å². The number of rotatable bonds is 5. The monoisotopic (exact) mass is 349 g/mol. The Labute approximate surface area is 153 Å². The third kappa shape index (κ3) is 4.15. The Morgan fingerprint density at radius 1 is 1.04 bits per heavy atom. The largest absolute Gasteiger partial charge is 0.294 e. The molecule has 0 aliphatic heterocycles. The highest BCUT2D eigenvalue weighted by atomic mass is 35.5. The van der Waals surface area contributed by atoms with Crippen LogP contribution in [0.3, 0.4) is 0 Å². The SMILES string of the molecule is Cc1cc(C(=O)CC(c2ccccc2)c2ccc(Cl)cc2C)ccn1. The van der Waals surface area contributed by atoms with Crippen molar-refractivity contribution < 1.29 is 4.79 Å². The molecule has 0 spiro atoms. The number of aryl methyl sites for hydroxylation is 2. The standard InChI is InChI=1S/C22H20ClNO/c1-15-12-19(23)8-9-20(15)21(17-6-4-3-5-7-17)14-22(25)18-10-11-24-16(2)13-18/h3-13,21H,14H2,1-2H3. The van der Waals surface area contributed by atoms with Gasteiger partial charge in [0.1, 0.15) is 0 Å². The summed E-state index contributed by atoms with van der Waals surface area (Å²) in [7, 11) is 0. The summed E-state index contributed by atoms with van der Waals surface area (Å²) in [6, 6.07) is 19.7. The van der Waals surface area contributed by atoms with Gasteiger partial charge in [-0.2, -0.15) is 0 Å². The molecule has 25 heavy (non-hydrogen) atoms. The van der Waals surface area contributed by atoms with Crippen LogP contribution in [-0.4, -0.2) is 10.8 Å². The molecule has 0 aliphatic rings. The molecule has 1 aromatic heterocycles. The van der Waals surface area contributed by atoms with Crippen LogP contribution in [0.1, 0.15) is 45.1 Å². The Kier molecular flexibility index (Phi) is 5.30. The third-order valence-electron chi connectivity index (χ3n) is 4.42. The second-order valence-corrected chi connectivity index (χ2v) is 6.71. The summed E-state index contributed by atoms with van der Waals surface area (Å²) in [5, 5.41) is 0.712. The molecular weight excluding hydrogens is 330 g/mol. The highest BCUT2D eigenvalue weighted by Crippen LogP contribution is 2.32. The molecule has 0 bridgehead atoms. The van der Waals surface area contributed by atoms with Crippen molar-refractivity contribution in [3.8, 4) is 0 Å². The first-order valence-corrected chi connectivity index (χ1v) is 8.69. The molecule has 0 radical (unpaired) electrons. The van der Waals surface area contributed by atoms with E-state index in [1.807, 2.05) is 56.3 Å². The molecule has 0 amide bonds. The van der Waals surface area contributed by atoms with E-state index in [9.17, 15) is 4.79 Å². The molecule has 0 fully saturated rings. The van der Waals surface area contributed by atoms with Crippen LogP contribution in [0.2, 0.25) is 5.02 Å². The minimum atomic E-state index is -0.000520. The normalized spacial score (nSPS) is 12.0. The highest BCUT2D eigenvalue weighted by molar-refractivity contribution is 6.30. The van der Waals surface area contributed by atoms with Gasteiger partial charge in [-0.05, 0) is 54.8 Å². The van der Waals surface area contributed by atoms with Crippen molar-refractivity contribution in [2.24, 2.45) is 0 Å². The Morgan fingerprint density at radius 3 is 2.48 bits per heavy atom. The van der Waals surface area contributed by atoms with Crippen molar-refractivity contribution in [2.75, 3.05) is 0 Å². The Balaban J connectivity index is 1.98. The van der Waals surface area contributed by atoms with E-state index >= 15 is 0 Å². The van der Waals surface area contributed by atoms with Crippen molar-refractivity contribution in [3.63, 3.8) is 0 Å². The smallest absolute Gasteiger partial charge is 0.163 e. The number of Topliss-reactive ketones (excluding diaryl/α,β-unsaturated/α-hetero) is 1. The molecule has 2 aromatic carbocycles. The number of pyridine rings is 1. The quantitative estimate of drug-likeness (QED) is 0.548. The lowest BCUT2D eigenvalue weighted by Gasteiger charge is -2.20. The second-order valence-electron chi connectivity index (χ2n) is 6.28. The number of halogens is 1. The molecule has 3 heteroatoms. The number of benzene rings is 2. The molecule has 0 saturated carbocycles. The van der Waals surface area contributed by atoms with Gasteiger partial charge in [0.2, 0.25) is 0 Å². The lowest BCUT2D eigenvalue weighted by atomic mass is 9.84. The van der Waals surface area contributed by atoms with Crippen molar-refractivity contribution in [1.82, 2.24) is 4.98 Å². The minimum absolute atomic E-state index is 0.000520. The predicted octanol–water partition coefficient (Wildman–Crippen LogP) is 5.76. The van der Waals surface area contributed by atoms with Gasteiger partial charge in [-0.3, -0.25) is 9.78 Å². The number of carbonyl (C=O) groups is 1. The summed E-state index contributed by atoms with van der Waals surface area (Å²) in [5.74, 6) is 0.119. The molecule has 0 aliphatic carbocycles. The van der Waals surface area contributed by atoms with E-state index < -0.39 is 0 Å². The fourth-order valence-electron chi connectivity index (χ4n) is 3.15. The average Bonchev–Trinajstić information content (AvgIpc) is 2.61. The van der Waals surface area contributed by atoms with Gasteiger partial charge >= 0.3 is 0 Å². The molecule has 1 unspecified atom stereocenters. The third-order valence-corrected chi connectivity index (χ3v) is 4.65. The average molecular weight is 350 g/mol. The van der Waals surface area contributed by atoms with Crippen LogP contribution < -0.4 is 0 Å². The summed E-state index contributed by atoms with van der Waals surface area (Å²) in [4.78, 5) is 17.1. The maximum absolute atomic E-state index is 12.9. The molecular formula is C22H20ClNO. The van der Waals surface area contributed by atoms with Gasteiger partial charge in [0.15, 0.2) is 5.78 Å². The number of hydrogen-bond acceptors (Lipinski definition) is 2. The molecule has 1 atom stereocenters. The molecule has 3 aromatic rings. The maximum Gasteiger partial charge on any atom is 0.163 e. The highest BCUT2D eigenvalue weighted by Gasteiger charge is 2.21. The van der Waals surface area contributed by atoms with Crippen LogP contribution >= 0.6 is 11.6 Å². The first-order chi connectivity index (χ1) is 12.0. The van der Waals surface area contributed by atoms with E-state index in [0.717, 1.165) is 22.4 Å². The Bertz CT molecular complexity index is 890. The number of nitrogens with zero attached hydrogens (tertiary/aromatic N) is 1. The van der Waals surface area contributed by atoms with E-state index in [4.69, 9.17) is 11.6 Å². The van der Waals surface area contributed by atoms with E-state index in [0.29, 0.717) is 17.0 Å². The van der Waals surface area contributed by atoms with Crippen LogP contribution in [0.15, 0.2) is 66.9 Å². The first kappa shape index (κ1) is 17.4. The Morgan fingerprint density at radius 2 is 1.80 bits per heavy atom. The lowest BCUT2D eigenvalue weighted by Crippen LogP contribution is -2.11. The molecule has 1 heterocycles. The molecule has 3 rings (SSSR count). The number of carbonyl (C=O) groups excluding carboxylic acids is 1. The van der Waals surface area contributed by atoms with Crippen LogP contribution in [0.5, 0.6) is 0 Å². The maximum atomic E-state index is 12.9. The predicted molar refractivity (Wildman–Crippen MR) is 102 cm³/mol. The minimum Gasteiger partial charge on any atom is -0.294 e. The number of aromatic nitrogens is 1. The summed E-state index contributed by atoms with van der Waals surface area (Å²) >= 11 is 6.11. The van der Waals surface area contributed by atoms with E-state index in [2.05, 4.69) is 17.1 Å². The van der Waals surface area contributed by atoms with Crippen molar-refractivity contribution in [3.05, 3.63) is 99.8 Å². The zero-order chi connectivity index (χ0) is 17.8. The van der Waals surface area contributed by atoms with Crippen LogP contribution in [0, 0.1) is 13.8 Å². The number of hydrogen-bond donors (Lipinski definition) is 0. The van der Waals surface area contributed by atoms with Gasteiger partial charge in [-0.1, -0.05) is 48.0 Å². The lowest BCUT2D eigenvalue weighted by molar-refractivity contribution is 0.0977. The zero-order valence-electron chi connectivity index (χ0n) is 14.4. The molecule has 2 nitrogen and oxygen atoms in total. The fraction of sp³-hybridized carbons (Fsp3) is 0.182. The van der Waals surface area contributed by atoms with Gasteiger partial charge in [0.25, 0.3) is 0 Å². The van der Waals surface area contributed by atoms with Crippen molar-refractivity contribution >= 4 is 17.4 Å². The molecule has 0 saturated heterocycles. The Hall–Kier alpha value is -2.45. The first-order valence-electron chi connectivity index (χ1n) is 8.31. The molecule has 0 N–H and O–H groups in total. The van der Waals surface area contributed by atoms with Crippen LogP contribution in [-0.2, 0) is 0 Å². The van der Waals surface area contributed by atoms with E-state index in [1.165, 1.54) is 0 Å². The van der Waals surface area contributed by atoms with Crippen molar-refractivity contribution in [2.45, 2.75) is 26.2 Å². The van der Waals surface area contributed by atoms with E-state index in [-0.39, 0.29) is 11.7 Å². The summed E-state index contributed by atoms with van der Waals surface area (Å²) in [5.41, 5.74) is 4.92. The summed E-state index contributed by atoms with van der Waals surface area (Å²) in [6.07, 6.45) is 2.10. The van der Waals surface area contributed by atoms with Gasteiger partial charge in [-0.25, -0.2) is 0 Å². The van der Waals surface area contributed by atoms with Gasteiger partial charge in [0.05, 0.1) is 0 Å². The van der Waals surface area contributed by atoms with Crippen molar-refractivity contribution in [1.29, 1.82) is 0 Å². The summed E-state index contributed by atoms with van der Waals surface area (Å²) < 4.78 is 0. The zero-order valence-corrected chi connectivity index (χ0v) is 15.1. The molecule has 126 valence electrons. The van der Waals surface area contributed by atoms with E-state index in [1.54, 1.807) is 12.3 Å². The topological polar surface area (TPSA) is 30.0 Å². The van der Waals surface area contributed by atoms with Gasteiger partial charge in [-0.15, -0.1) is 0 Å². The van der Waals surface area contributed by atoms with Crippen LogP contribution in [0.4, 0.5) is 0 Å². The number of ketones is 1. The van der Waals surface area contributed by atoms with Crippen LogP contribution in [0.25, 0.3) is 0 Å². The second kappa shape index (κ2) is 7.62. The van der Waals surface area contributed by atoms with Gasteiger partial charge in [0, 0.05) is 34.8 Å². The fourth-order valence-corrected chi connectivity index (χ4v) is 3.37.